The largest absolute Gasteiger partial charge is 0.466 e. The van der Waals surface area contributed by atoms with Gasteiger partial charge in [-0.25, -0.2) is 0 Å². The first-order valence-corrected chi connectivity index (χ1v) is 6.72. The second kappa shape index (κ2) is 11.4. The molecule has 2 N–H and O–H groups in total. The molecular weight excluding hydrogens is 234 g/mol. The van der Waals surface area contributed by atoms with Crippen LogP contribution in [0.2, 0.25) is 0 Å². The topological polar surface area (TPSA) is 67.8 Å². The highest BCUT2D eigenvalue weighted by molar-refractivity contribution is 5.69. The average molecular weight is 261 g/mol. The Kier molecular flexibility index (Phi) is 11.0. The summed E-state index contributed by atoms with van der Waals surface area (Å²) in [5.41, 5.74) is 0. The maximum Gasteiger partial charge on any atom is 0.308 e. The number of unbranched alkanes of at least 4 members (excludes halogenated alkanes) is 1. The van der Waals surface area contributed by atoms with Crippen LogP contribution in [-0.2, 0) is 14.3 Å². The van der Waals surface area contributed by atoms with Gasteiger partial charge in [-0.1, -0.05) is 0 Å². The molecule has 0 aliphatic rings. The lowest BCUT2D eigenvalue weighted by molar-refractivity contribution is -0.145. The summed E-state index contributed by atoms with van der Waals surface area (Å²) in [6.07, 6.45) is 1.66. The van der Waals surface area contributed by atoms with Gasteiger partial charge in [-0.3, -0.25) is 4.79 Å². The molecule has 1 atom stereocenters. The fraction of sp³-hybridized carbons (Fsp3) is 0.923. The van der Waals surface area contributed by atoms with Crippen molar-refractivity contribution in [2.45, 2.75) is 52.2 Å². The van der Waals surface area contributed by atoms with Crippen molar-refractivity contribution in [1.29, 1.82) is 0 Å². The van der Waals surface area contributed by atoms with Gasteiger partial charge in [0, 0.05) is 13.2 Å². The van der Waals surface area contributed by atoms with Crippen LogP contribution >= 0.6 is 0 Å². The van der Waals surface area contributed by atoms with Crippen LogP contribution in [-0.4, -0.2) is 49.6 Å². The maximum atomic E-state index is 11.1. The second-order valence-electron chi connectivity index (χ2n) is 4.49. The summed E-state index contributed by atoms with van der Waals surface area (Å²) in [7, 11) is 0. The van der Waals surface area contributed by atoms with E-state index in [0.717, 1.165) is 26.0 Å². The fourth-order valence-corrected chi connectivity index (χ4v) is 1.42. The van der Waals surface area contributed by atoms with E-state index in [2.05, 4.69) is 5.32 Å². The summed E-state index contributed by atoms with van der Waals surface area (Å²) in [6, 6.07) is 0. The standard InChI is InChI=1S/C13H27NO4/c1-4-17-13(16)9-12(15)10-14-7-5-6-8-18-11(2)3/h11-12,14-15H,4-10H2,1-3H3. The Bertz CT molecular complexity index is 209. The van der Waals surface area contributed by atoms with Crippen LogP contribution in [0.25, 0.3) is 0 Å². The first kappa shape index (κ1) is 17.4. The van der Waals surface area contributed by atoms with Gasteiger partial charge in [0.15, 0.2) is 0 Å². The molecule has 18 heavy (non-hydrogen) atoms. The monoisotopic (exact) mass is 261 g/mol. The molecule has 0 rings (SSSR count). The van der Waals surface area contributed by atoms with Crippen LogP contribution in [0.3, 0.4) is 0 Å². The van der Waals surface area contributed by atoms with Crippen molar-refractivity contribution in [3.05, 3.63) is 0 Å². The summed E-state index contributed by atoms with van der Waals surface area (Å²) in [5.74, 6) is -0.350. The molecule has 0 amide bonds. The molecule has 0 spiro atoms. The molecule has 5 nitrogen and oxygen atoms in total. The molecule has 0 fully saturated rings. The van der Waals surface area contributed by atoms with Gasteiger partial charge in [-0.05, 0) is 40.2 Å². The Morgan fingerprint density at radius 3 is 2.67 bits per heavy atom. The lowest BCUT2D eigenvalue weighted by Gasteiger charge is -2.11. The molecule has 0 heterocycles. The van der Waals surface area contributed by atoms with Crippen LogP contribution in [0.1, 0.15) is 40.0 Å². The lowest BCUT2D eigenvalue weighted by Crippen LogP contribution is -2.30. The summed E-state index contributed by atoms with van der Waals surface area (Å²) >= 11 is 0. The number of ether oxygens (including phenoxy) is 2. The zero-order valence-corrected chi connectivity index (χ0v) is 11.8. The minimum Gasteiger partial charge on any atom is -0.466 e. The summed E-state index contributed by atoms with van der Waals surface area (Å²) in [6.45, 7) is 8.15. The maximum absolute atomic E-state index is 11.1. The summed E-state index contributed by atoms with van der Waals surface area (Å²) < 4.78 is 10.2. The second-order valence-corrected chi connectivity index (χ2v) is 4.49. The Balaban J connectivity index is 3.30. The summed E-state index contributed by atoms with van der Waals surface area (Å²) in [4.78, 5) is 11.1. The molecule has 0 saturated carbocycles. The number of carbonyl (C=O) groups is 1. The number of hydrogen-bond acceptors (Lipinski definition) is 5. The third kappa shape index (κ3) is 11.8. The number of rotatable bonds is 11. The molecule has 108 valence electrons. The van der Waals surface area contributed by atoms with Gasteiger partial charge in [-0.2, -0.15) is 0 Å². The third-order valence-corrected chi connectivity index (χ3v) is 2.29. The first-order valence-electron chi connectivity index (χ1n) is 6.72. The highest BCUT2D eigenvalue weighted by atomic mass is 16.5. The normalized spacial score (nSPS) is 12.7. The van der Waals surface area contributed by atoms with E-state index in [-0.39, 0.29) is 18.5 Å². The van der Waals surface area contributed by atoms with E-state index in [1.807, 2.05) is 13.8 Å². The number of nitrogens with one attached hydrogen (secondary N) is 1. The van der Waals surface area contributed by atoms with E-state index < -0.39 is 6.10 Å². The van der Waals surface area contributed by atoms with Crippen molar-refractivity contribution < 1.29 is 19.4 Å². The number of carbonyl (C=O) groups excluding carboxylic acids is 1. The lowest BCUT2D eigenvalue weighted by atomic mass is 10.2. The molecular formula is C13H27NO4. The molecule has 0 saturated heterocycles. The van der Waals surface area contributed by atoms with Gasteiger partial charge >= 0.3 is 5.97 Å². The Hall–Kier alpha value is -0.650. The predicted octanol–water partition coefficient (Wildman–Crippen LogP) is 1.10. The van der Waals surface area contributed by atoms with Gasteiger partial charge in [0.05, 0.1) is 25.2 Å². The third-order valence-electron chi connectivity index (χ3n) is 2.29. The molecule has 0 aromatic heterocycles. The van der Waals surface area contributed by atoms with Crippen LogP contribution in [0.15, 0.2) is 0 Å². The fourth-order valence-electron chi connectivity index (χ4n) is 1.42. The molecule has 1 unspecified atom stereocenters. The van der Waals surface area contributed by atoms with E-state index in [1.165, 1.54) is 0 Å². The van der Waals surface area contributed by atoms with Gasteiger partial charge in [0.2, 0.25) is 0 Å². The Morgan fingerprint density at radius 2 is 2.06 bits per heavy atom. The van der Waals surface area contributed by atoms with Gasteiger partial charge in [-0.15, -0.1) is 0 Å². The van der Waals surface area contributed by atoms with Crippen molar-refractivity contribution in [3.63, 3.8) is 0 Å². The van der Waals surface area contributed by atoms with Crippen molar-refractivity contribution >= 4 is 5.97 Å². The van der Waals surface area contributed by atoms with E-state index in [4.69, 9.17) is 9.47 Å². The van der Waals surface area contributed by atoms with Crippen LogP contribution in [0, 0.1) is 0 Å². The molecule has 0 aliphatic heterocycles. The van der Waals surface area contributed by atoms with Gasteiger partial charge in [0.25, 0.3) is 0 Å². The van der Waals surface area contributed by atoms with Crippen molar-refractivity contribution in [2.24, 2.45) is 0 Å². The quantitative estimate of drug-likeness (QED) is 0.430. The smallest absolute Gasteiger partial charge is 0.308 e. The zero-order chi connectivity index (χ0) is 13.8. The highest BCUT2D eigenvalue weighted by Crippen LogP contribution is 1.95. The Labute approximate surface area is 110 Å². The molecule has 0 aromatic rings. The van der Waals surface area contributed by atoms with Crippen LogP contribution < -0.4 is 5.32 Å². The number of aliphatic hydroxyl groups is 1. The van der Waals surface area contributed by atoms with E-state index in [1.54, 1.807) is 6.92 Å². The Morgan fingerprint density at radius 1 is 1.33 bits per heavy atom. The minimum atomic E-state index is -0.670. The highest BCUT2D eigenvalue weighted by Gasteiger charge is 2.10. The molecule has 0 aromatic carbocycles. The number of aliphatic hydroxyl groups excluding tert-OH is 1. The van der Waals surface area contributed by atoms with E-state index in [9.17, 15) is 9.90 Å². The van der Waals surface area contributed by atoms with E-state index >= 15 is 0 Å². The van der Waals surface area contributed by atoms with Crippen LogP contribution in [0.5, 0.6) is 0 Å². The van der Waals surface area contributed by atoms with Crippen molar-refractivity contribution in [3.8, 4) is 0 Å². The minimum absolute atomic E-state index is 0.0529. The van der Waals surface area contributed by atoms with Gasteiger partial charge < -0.3 is 19.9 Å². The molecule has 0 radical (unpaired) electrons. The number of esters is 1. The molecule has 0 bridgehead atoms. The van der Waals surface area contributed by atoms with Crippen molar-refractivity contribution in [2.75, 3.05) is 26.3 Å². The van der Waals surface area contributed by atoms with Gasteiger partial charge in [0.1, 0.15) is 0 Å². The molecule has 0 aliphatic carbocycles. The zero-order valence-electron chi connectivity index (χ0n) is 11.8. The summed E-state index contributed by atoms with van der Waals surface area (Å²) in [5, 5.41) is 12.6. The van der Waals surface area contributed by atoms with Crippen LogP contribution in [0.4, 0.5) is 0 Å². The predicted molar refractivity (Wildman–Crippen MR) is 70.4 cm³/mol. The molecule has 5 heteroatoms. The number of hydrogen-bond donors (Lipinski definition) is 2. The van der Waals surface area contributed by atoms with Crippen molar-refractivity contribution in [1.82, 2.24) is 5.32 Å². The van der Waals surface area contributed by atoms with E-state index in [0.29, 0.717) is 13.2 Å². The average Bonchev–Trinajstić information content (AvgIpc) is 2.27. The SMILES string of the molecule is CCOC(=O)CC(O)CNCCCCOC(C)C. The first-order chi connectivity index (χ1) is 8.56.